The van der Waals surface area contributed by atoms with Gasteiger partial charge in [0.25, 0.3) is 5.91 Å². The van der Waals surface area contributed by atoms with E-state index >= 15 is 0 Å². The SMILES string of the molecule is CC(C)CC(=O)N1CCCCCCCCN(C(=O)c2ccccc2Br)Cc2ccccc21. The van der Waals surface area contributed by atoms with Crippen LogP contribution in [0.1, 0.15) is 74.7 Å². The largest absolute Gasteiger partial charge is 0.334 e. The van der Waals surface area contributed by atoms with Gasteiger partial charge in [0.2, 0.25) is 5.91 Å². The van der Waals surface area contributed by atoms with E-state index in [1.165, 1.54) is 12.8 Å². The quantitative estimate of drug-likeness (QED) is 0.465. The van der Waals surface area contributed by atoms with E-state index in [0.717, 1.165) is 48.0 Å². The first-order valence-electron chi connectivity index (χ1n) is 11.9. The van der Waals surface area contributed by atoms with E-state index in [1.807, 2.05) is 52.3 Å². The summed E-state index contributed by atoms with van der Waals surface area (Å²) in [5.74, 6) is 0.515. The molecule has 2 aromatic carbocycles. The highest BCUT2D eigenvalue weighted by atomic mass is 79.9. The van der Waals surface area contributed by atoms with Crippen LogP contribution >= 0.6 is 15.9 Å². The molecule has 3 rings (SSSR count). The van der Waals surface area contributed by atoms with Gasteiger partial charge in [-0.05, 0) is 58.5 Å². The number of amides is 2. The number of anilines is 1. The molecule has 0 atom stereocenters. The lowest BCUT2D eigenvalue weighted by molar-refractivity contribution is -0.119. The number of hydrogen-bond donors (Lipinski definition) is 0. The number of rotatable bonds is 3. The molecule has 1 heterocycles. The molecule has 0 unspecified atom stereocenters. The zero-order valence-corrected chi connectivity index (χ0v) is 20.9. The maximum absolute atomic E-state index is 13.5. The summed E-state index contributed by atoms with van der Waals surface area (Å²) in [6.45, 7) is 6.13. The van der Waals surface area contributed by atoms with Crippen molar-refractivity contribution in [1.29, 1.82) is 0 Å². The molecular weight excluding hydrogens is 464 g/mol. The van der Waals surface area contributed by atoms with Gasteiger partial charge in [-0.15, -0.1) is 0 Å². The molecule has 0 fully saturated rings. The second-order valence-corrected chi connectivity index (χ2v) is 9.95. The minimum Gasteiger partial charge on any atom is -0.334 e. The Morgan fingerprint density at radius 2 is 1.50 bits per heavy atom. The van der Waals surface area contributed by atoms with Crippen LogP contribution in [0.5, 0.6) is 0 Å². The maximum Gasteiger partial charge on any atom is 0.255 e. The summed E-state index contributed by atoms with van der Waals surface area (Å²) < 4.78 is 0.815. The summed E-state index contributed by atoms with van der Waals surface area (Å²) in [4.78, 5) is 30.6. The summed E-state index contributed by atoms with van der Waals surface area (Å²) in [7, 11) is 0. The van der Waals surface area contributed by atoms with E-state index in [4.69, 9.17) is 0 Å². The summed E-state index contributed by atoms with van der Waals surface area (Å²) in [5, 5.41) is 0. The van der Waals surface area contributed by atoms with E-state index in [-0.39, 0.29) is 11.8 Å². The van der Waals surface area contributed by atoms with E-state index in [2.05, 4.69) is 35.8 Å². The van der Waals surface area contributed by atoms with Gasteiger partial charge >= 0.3 is 0 Å². The Morgan fingerprint density at radius 1 is 0.875 bits per heavy atom. The molecule has 0 saturated carbocycles. The molecular formula is C27H35BrN2O2. The summed E-state index contributed by atoms with van der Waals surface area (Å²) in [5.41, 5.74) is 2.66. The number of carbonyl (C=O) groups excluding carboxylic acids is 2. The molecule has 2 amide bonds. The number of benzene rings is 2. The minimum atomic E-state index is 0.0298. The Kier molecular flexibility index (Phi) is 9.34. The second kappa shape index (κ2) is 12.2. The van der Waals surface area contributed by atoms with Gasteiger partial charge in [0.05, 0.1) is 5.56 Å². The van der Waals surface area contributed by atoms with Crippen molar-refractivity contribution in [2.75, 3.05) is 18.0 Å². The topological polar surface area (TPSA) is 40.6 Å². The molecule has 0 spiro atoms. The summed E-state index contributed by atoms with van der Waals surface area (Å²) in [6, 6.07) is 15.7. The molecule has 0 N–H and O–H groups in total. The van der Waals surface area contributed by atoms with Crippen LogP contribution in [0.2, 0.25) is 0 Å². The van der Waals surface area contributed by atoms with Gasteiger partial charge in [0, 0.05) is 36.2 Å². The second-order valence-electron chi connectivity index (χ2n) is 9.10. The molecule has 0 aromatic heterocycles. The van der Waals surface area contributed by atoms with Crippen LogP contribution in [-0.4, -0.2) is 29.8 Å². The average Bonchev–Trinajstić information content (AvgIpc) is 2.78. The Bertz CT molecular complexity index is 912. The molecule has 0 saturated heterocycles. The van der Waals surface area contributed by atoms with Crippen molar-refractivity contribution in [3.63, 3.8) is 0 Å². The van der Waals surface area contributed by atoms with Gasteiger partial charge in [0.15, 0.2) is 0 Å². The van der Waals surface area contributed by atoms with E-state index < -0.39 is 0 Å². The standard InChI is InChI=1S/C27H35BrN2O2/c1-21(2)19-26(31)30-18-12-6-4-3-5-11-17-29(20-22-13-7-10-16-25(22)30)27(32)23-14-8-9-15-24(23)28/h7-10,13-16,21H,3-6,11-12,17-20H2,1-2H3. The molecule has 0 aliphatic carbocycles. The highest BCUT2D eigenvalue weighted by molar-refractivity contribution is 9.10. The number of halogens is 1. The zero-order chi connectivity index (χ0) is 22.9. The average molecular weight is 499 g/mol. The molecule has 32 heavy (non-hydrogen) atoms. The third-order valence-electron chi connectivity index (χ3n) is 5.98. The zero-order valence-electron chi connectivity index (χ0n) is 19.4. The highest BCUT2D eigenvalue weighted by Gasteiger charge is 2.23. The number of para-hydroxylation sites is 1. The number of nitrogens with zero attached hydrogens (tertiary/aromatic N) is 2. The van der Waals surface area contributed by atoms with Crippen LogP contribution in [0.15, 0.2) is 53.0 Å². The third kappa shape index (κ3) is 6.68. The third-order valence-corrected chi connectivity index (χ3v) is 6.67. The normalized spacial score (nSPS) is 16.0. The summed E-state index contributed by atoms with van der Waals surface area (Å²) in [6.07, 6.45) is 7.14. The van der Waals surface area contributed by atoms with Crippen LogP contribution < -0.4 is 4.90 Å². The fourth-order valence-electron chi connectivity index (χ4n) is 4.29. The van der Waals surface area contributed by atoms with Crippen molar-refractivity contribution in [2.24, 2.45) is 5.92 Å². The van der Waals surface area contributed by atoms with Crippen molar-refractivity contribution in [2.45, 2.75) is 65.3 Å². The van der Waals surface area contributed by atoms with Crippen molar-refractivity contribution < 1.29 is 9.59 Å². The first kappa shape index (κ1) is 24.5. The van der Waals surface area contributed by atoms with Crippen molar-refractivity contribution in [3.8, 4) is 0 Å². The predicted molar refractivity (Wildman–Crippen MR) is 135 cm³/mol. The van der Waals surface area contributed by atoms with E-state index in [1.54, 1.807) is 0 Å². The van der Waals surface area contributed by atoms with E-state index in [9.17, 15) is 9.59 Å². The molecule has 1 aliphatic heterocycles. The minimum absolute atomic E-state index is 0.0298. The monoisotopic (exact) mass is 498 g/mol. The Labute approximate surface area is 201 Å². The highest BCUT2D eigenvalue weighted by Crippen LogP contribution is 2.27. The van der Waals surface area contributed by atoms with Gasteiger partial charge in [-0.25, -0.2) is 0 Å². The van der Waals surface area contributed by atoms with Gasteiger partial charge < -0.3 is 9.80 Å². The molecule has 172 valence electrons. The lowest BCUT2D eigenvalue weighted by atomic mass is 10.1. The first-order valence-corrected chi connectivity index (χ1v) is 12.7. The lowest BCUT2D eigenvalue weighted by Crippen LogP contribution is -2.35. The smallest absolute Gasteiger partial charge is 0.255 e. The molecule has 1 aliphatic rings. The van der Waals surface area contributed by atoms with E-state index in [0.29, 0.717) is 31.0 Å². The van der Waals surface area contributed by atoms with Crippen LogP contribution in [-0.2, 0) is 11.3 Å². The molecule has 4 nitrogen and oxygen atoms in total. The predicted octanol–water partition coefficient (Wildman–Crippen LogP) is 6.82. The molecule has 0 radical (unpaired) electrons. The van der Waals surface area contributed by atoms with Crippen LogP contribution in [0.25, 0.3) is 0 Å². The molecule has 5 heteroatoms. The number of carbonyl (C=O) groups is 2. The van der Waals surface area contributed by atoms with Gasteiger partial charge in [-0.1, -0.05) is 69.9 Å². The lowest BCUT2D eigenvalue weighted by Gasteiger charge is -2.29. The van der Waals surface area contributed by atoms with Gasteiger partial charge in [-0.2, -0.15) is 0 Å². The van der Waals surface area contributed by atoms with Crippen LogP contribution in [0, 0.1) is 5.92 Å². The number of hydrogen-bond acceptors (Lipinski definition) is 2. The molecule has 0 bridgehead atoms. The first-order chi connectivity index (χ1) is 15.5. The fraction of sp³-hybridized carbons (Fsp3) is 0.481. The van der Waals surface area contributed by atoms with Crippen molar-refractivity contribution in [3.05, 3.63) is 64.1 Å². The van der Waals surface area contributed by atoms with Gasteiger partial charge in [0.1, 0.15) is 0 Å². The Balaban J connectivity index is 1.95. The Morgan fingerprint density at radius 3 is 2.22 bits per heavy atom. The maximum atomic E-state index is 13.5. The van der Waals surface area contributed by atoms with Crippen LogP contribution in [0.4, 0.5) is 5.69 Å². The summed E-state index contributed by atoms with van der Waals surface area (Å²) >= 11 is 3.54. The molecule has 2 aromatic rings. The van der Waals surface area contributed by atoms with Crippen molar-refractivity contribution in [1.82, 2.24) is 4.90 Å². The number of fused-ring (bicyclic) bond motifs is 1. The van der Waals surface area contributed by atoms with Gasteiger partial charge in [-0.3, -0.25) is 9.59 Å². The van der Waals surface area contributed by atoms with Crippen LogP contribution in [0.3, 0.4) is 0 Å². The van der Waals surface area contributed by atoms with Crippen molar-refractivity contribution >= 4 is 33.4 Å². The Hall–Kier alpha value is -2.14. The fourth-order valence-corrected chi connectivity index (χ4v) is 4.74.